The Labute approximate surface area is 169 Å². The molecule has 0 bridgehead atoms. The summed E-state index contributed by atoms with van der Waals surface area (Å²) >= 11 is 6.30. The Balaban J connectivity index is 2.23. The van der Waals surface area contributed by atoms with Crippen LogP contribution in [0.5, 0.6) is 0 Å². The van der Waals surface area contributed by atoms with Gasteiger partial charge in [-0.25, -0.2) is 4.79 Å². The molecule has 0 aromatic heterocycles. The minimum Gasteiger partial charge on any atom is -0.464 e. The molecule has 0 radical (unpaired) electrons. The van der Waals surface area contributed by atoms with Crippen molar-refractivity contribution < 1.29 is 19.4 Å². The topological polar surface area (TPSA) is 78.9 Å². The molecule has 0 aliphatic carbocycles. The highest BCUT2D eigenvalue weighted by Gasteiger charge is 2.59. The van der Waals surface area contributed by atoms with Gasteiger partial charge in [-0.2, -0.15) is 0 Å². The molecule has 3 rings (SSSR count). The highest BCUT2D eigenvalue weighted by atomic mass is 35.5. The molecular formula is C21H23ClN2O4. The van der Waals surface area contributed by atoms with E-state index < -0.39 is 23.5 Å². The second kappa shape index (κ2) is 7.81. The molecule has 6 nitrogen and oxygen atoms in total. The van der Waals surface area contributed by atoms with Crippen molar-refractivity contribution in [2.24, 2.45) is 0 Å². The number of hydrogen-bond acceptors (Lipinski definition) is 5. The fourth-order valence-electron chi connectivity index (χ4n) is 3.57. The number of esters is 1. The summed E-state index contributed by atoms with van der Waals surface area (Å²) in [5, 5.41) is 14.5. The lowest BCUT2D eigenvalue weighted by molar-refractivity contribution is -0.159. The number of anilines is 2. The van der Waals surface area contributed by atoms with Crippen molar-refractivity contribution in [1.82, 2.24) is 0 Å². The van der Waals surface area contributed by atoms with E-state index in [1.165, 1.54) is 0 Å². The van der Waals surface area contributed by atoms with E-state index in [9.17, 15) is 14.7 Å². The lowest BCUT2D eigenvalue weighted by atomic mass is 9.84. The molecule has 0 fully saturated rings. The average Bonchev–Trinajstić information content (AvgIpc) is 2.92. The van der Waals surface area contributed by atoms with Crippen LogP contribution in [0.3, 0.4) is 0 Å². The number of rotatable bonds is 6. The van der Waals surface area contributed by atoms with Gasteiger partial charge in [0.25, 0.3) is 5.91 Å². The average molecular weight is 403 g/mol. The molecule has 148 valence electrons. The lowest BCUT2D eigenvalue weighted by Crippen LogP contribution is -2.58. The monoisotopic (exact) mass is 402 g/mol. The molecular weight excluding hydrogens is 380 g/mol. The zero-order chi connectivity index (χ0) is 20.5. The number of para-hydroxylation sites is 2. The second-order valence-electron chi connectivity index (χ2n) is 6.85. The maximum Gasteiger partial charge on any atom is 0.338 e. The summed E-state index contributed by atoms with van der Waals surface area (Å²) in [5.41, 5.74) is -0.196. The normalized spacial score (nSPS) is 19.5. The highest BCUT2D eigenvalue weighted by Crippen LogP contribution is 2.46. The van der Waals surface area contributed by atoms with E-state index in [0.29, 0.717) is 22.0 Å². The largest absolute Gasteiger partial charge is 0.464 e. The predicted molar refractivity (Wildman–Crippen MR) is 108 cm³/mol. The van der Waals surface area contributed by atoms with Crippen LogP contribution in [-0.2, 0) is 19.9 Å². The maximum absolute atomic E-state index is 13.6. The quantitative estimate of drug-likeness (QED) is 0.724. The lowest BCUT2D eigenvalue weighted by Gasteiger charge is -2.34. The van der Waals surface area contributed by atoms with Crippen molar-refractivity contribution in [3.8, 4) is 0 Å². The molecule has 0 unspecified atom stereocenters. The first-order chi connectivity index (χ1) is 13.3. The number of aliphatic hydroxyl groups is 1. The van der Waals surface area contributed by atoms with Crippen LogP contribution in [0.15, 0.2) is 48.5 Å². The number of aliphatic hydroxyl groups excluding tert-OH is 1. The van der Waals surface area contributed by atoms with Crippen LogP contribution >= 0.6 is 11.6 Å². The van der Waals surface area contributed by atoms with Crippen LogP contribution in [0.25, 0.3) is 0 Å². The van der Waals surface area contributed by atoms with Crippen LogP contribution in [0.4, 0.5) is 11.4 Å². The SMILES string of the molecule is CCOC(=O)[C@@H](O)[C@]1(Nc2ccccc2Cl)C(=O)N(C(C)C)c2ccccc21. The van der Waals surface area contributed by atoms with E-state index in [0.717, 1.165) is 0 Å². The third-order valence-corrected chi connectivity index (χ3v) is 5.12. The number of halogens is 1. The molecule has 2 atom stereocenters. The first kappa shape index (κ1) is 20.2. The van der Waals surface area contributed by atoms with Gasteiger partial charge < -0.3 is 20.1 Å². The van der Waals surface area contributed by atoms with Crippen LogP contribution in [-0.4, -0.2) is 35.7 Å². The molecule has 0 spiro atoms. The maximum atomic E-state index is 13.6. The number of amides is 1. The molecule has 0 saturated carbocycles. The van der Waals surface area contributed by atoms with Gasteiger partial charge in [0.15, 0.2) is 11.6 Å². The standard InChI is InChI=1S/C21H23ClN2O4/c1-4-28-19(26)18(25)21(23-16-11-7-6-10-15(16)22)14-9-5-8-12-17(14)24(13(2)3)20(21)27/h5-13,18,23,25H,4H2,1-3H3/t18-,21+/m1/s1. The summed E-state index contributed by atoms with van der Waals surface area (Å²) in [7, 11) is 0. The Morgan fingerprint density at radius 1 is 1.21 bits per heavy atom. The molecule has 7 heteroatoms. The molecule has 1 aliphatic heterocycles. The van der Waals surface area contributed by atoms with Gasteiger partial charge in [-0.05, 0) is 39.0 Å². The minimum atomic E-state index is -1.76. The van der Waals surface area contributed by atoms with E-state index in [4.69, 9.17) is 16.3 Å². The molecule has 0 saturated heterocycles. The van der Waals surface area contributed by atoms with Gasteiger partial charge in [0.1, 0.15) is 0 Å². The summed E-state index contributed by atoms with van der Waals surface area (Å²) in [6.45, 7) is 5.47. The summed E-state index contributed by atoms with van der Waals surface area (Å²) in [5.74, 6) is -1.32. The summed E-state index contributed by atoms with van der Waals surface area (Å²) in [6.07, 6.45) is -1.76. The van der Waals surface area contributed by atoms with Gasteiger partial charge in [0.05, 0.1) is 23.0 Å². The molecule has 1 heterocycles. The van der Waals surface area contributed by atoms with Crippen LogP contribution in [0.1, 0.15) is 26.3 Å². The van der Waals surface area contributed by atoms with Crippen molar-refractivity contribution in [3.63, 3.8) is 0 Å². The minimum absolute atomic E-state index is 0.0851. The smallest absolute Gasteiger partial charge is 0.338 e. The number of carbonyl (C=O) groups is 2. The molecule has 2 N–H and O–H groups in total. The molecule has 1 aliphatic rings. The summed E-state index contributed by atoms with van der Waals surface area (Å²) in [4.78, 5) is 27.7. The predicted octanol–water partition coefficient (Wildman–Crippen LogP) is 3.33. The number of carbonyl (C=O) groups excluding carboxylic acids is 2. The first-order valence-corrected chi connectivity index (χ1v) is 9.53. The summed E-state index contributed by atoms with van der Waals surface area (Å²) in [6, 6.07) is 13.8. The Hall–Kier alpha value is -2.57. The second-order valence-corrected chi connectivity index (χ2v) is 7.26. The van der Waals surface area contributed by atoms with Crippen LogP contribution in [0.2, 0.25) is 5.02 Å². The van der Waals surface area contributed by atoms with E-state index in [2.05, 4.69) is 5.32 Å². The first-order valence-electron chi connectivity index (χ1n) is 9.15. The number of hydrogen-bond donors (Lipinski definition) is 2. The number of nitrogens with one attached hydrogen (secondary N) is 1. The van der Waals surface area contributed by atoms with Crippen LogP contribution < -0.4 is 10.2 Å². The molecule has 28 heavy (non-hydrogen) atoms. The van der Waals surface area contributed by atoms with Gasteiger partial charge >= 0.3 is 5.97 Å². The van der Waals surface area contributed by atoms with Gasteiger partial charge in [-0.15, -0.1) is 0 Å². The Kier molecular flexibility index (Phi) is 5.63. The Morgan fingerprint density at radius 3 is 2.50 bits per heavy atom. The highest BCUT2D eigenvalue weighted by molar-refractivity contribution is 6.33. The van der Waals surface area contributed by atoms with E-state index in [1.54, 1.807) is 54.3 Å². The Bertz CT molecular complexity index is 901. The third-order valence-electron chi connectivity index (χ3n) is 4.79. The van der Waals surface area contributed by atoms with E-state index >= 15 is 0 Å². The van der Waals surface area contributed by atoms with Crippen molar-refractivity contribution in [3.05, 3.63) is 59.1 Å². The number of benzene rings is 2. The van der Waals surface area contributed by atoms with Crippen LogP contribution in [0, 0.1) is 0 Å². The number of ether oxygens (including phenoxy) is 1. The summed E-state index contributed by atoms with van der Waals surface area (Å²) < 4.78 is 5.04. The zero-order valence-corrected chi connectivity index (χ0v) is 16.7. The Morgan fingerprint density at radius 2 is 1.86 bits per heavy atom. The number of nitrogens with zero attached hydrogens (tertiary/aromatic N) is 1. The van der Waals surface area contributed by atoms with E-state index in [-0.39, 0.29) is 12.6 Å². The van der Waals surface area contributed by atoms with Crippen molar-refractivity contribution >= 4 is 34.9 Å². The van der Waals surface area contributed by atoms with Crippen molar-refractivity contribution in [1.29, 1.82) is 0 Å². The zero-order valence-electron chi connectivity index (χ0n) is 16.0. The molecule has 1 amide bonds. The van der Waals surface area contributed by atoms with Crippen molar-refractivity contribution in [2.45, 2.75) is 38.5 Å². The third kappa shape index (κ3) is 3.12. The fourth-order valence-corrected chi connectivity index (χ4v) is 3.75. The number of fused-ring (bicyclic) bond motifs is 1. The van der Waals surface area contributed by atoms with E-state index in [1.807, 2.05) is 19.9 Å². The molecule has 2 aromatic carbocycles. The van der Waals surface area contributed by atoms with Crippen molar-refractivity contribution in [2.75, 3.05) is 16.8 Å². The van der Waals surface area contributed by atoms with Gasteiger partial charge in [0.2, 0.25) is 0 Å². The van der Waals surface area contributed by atoms with Gasteiger partial charge in [-0.3, -0.25) is 4.79 Å². The van der Waals surface area contributed by atoms with Gasteiger partial charge in [0, 0.05) is 11.6 Å². The fraction of sp³-hybridized carbons (Fsp3) is 0.333. The molecule has 2 aromatic rings. The van der Waals surface area contributed by atoms with Gasteiger partial charge in [-0.1, -0.05) is 41.9 Å².